The maximum Gasteiger partial charge on any atom is 0.221 e. The first-order chi connectivity index (χ1) is 9.81. The summed E-state index contributed by atoms with van der Waals surface area (Å²) in [5.74, 6) is 2.30. The molecule has 20 heavy (non-hydrogen) atoms. The van der Waals surface area contributed by atoms with Gasteiger partial charge in [-0.1, -0.05) is 38.5 Å². The van der Waals surface area contributed by atoms with E-state index in [1.165, 1.54) is 5.56 Å². The number of nitrogens with zero attached hydrogens (tertiary/aromatic N) is 1. The lowest BCUT2D eigenvalue weighted by molar-refractivity contribution is 0.463. The molecule has 2 aromatic rings. The van der Waals surface area contributed by atoms with Crippen LogP contribution in [0.15, 0.2) is 42.5 Å². The van der Waals surface area contributed by atoms with Gasteiger partial charge in [0.05, 0.1) is 0 Å². The van der Waals surface area contributed by atoms with Crippen LogP contribution < -0.4 is 10.1 Å². The number of nitrogens with one attached hydrogen (secondary N) is 1. The van der Waals surface area contributed by atoms with Gasteiger partial charge in [0.15, 0.2) is 0 Å². The van der Waals surface area contributed by atoms with Gasteiger partial charge in [-0.2, -0.15) is 4.98 Å². The minimum atomic E-state index is 0.620. The van der Waals surface area contributed by atoms with Crippen molar-refractivity contribution in [1.29, 1.82) is 0 Å². The number of aromatic nitrogens is 1. The van der Waals surface area contributed by atoms with Gasteiger partial charge in [0, 0.05) is 12.6 Å². The SMILES string of the molecule is CCCNc1cccc(Oc2ccc(CCC)cc2)n1. The van der Waals surface area contributed by atoms with Gasteiger partial charge in [-0.15, -0.1) is 0 Å². The third kappa shape index (κ3) is 4.26. The summed E-state index contributed by atoms with van der Waals surface area (Å²) in [6, 6.07) is 14.0. The standard InChI is InChI=1S/C17H22N2O/c1-3-6-14-9-11-15(12-10-14)20-17-8-5-7-16(19-17)18-13-4-2/h5,7-12H,3-4,6,13H2,1-2H3,(H,18,19). The first kappa shape index (κ1) is 14.4. The number of anilines is 1. The molecule has 1 heterocycles. The van der Waals surface area contributed by atoms with Crippen molar-refractivity contribution in [3.8, 4) is 11.6 Å². The zero-order chi connectivity index (χ0) is 14.2. The first-order valence-corrected chi connectivity index (χ1v) is 7.29. The quantitative estimate of drug-likeness (QED) is 0.795. The first-order valence-electron chi connectivity index (χ1n) is 7.29. The molecule has 0 aliphatic rings. The molecule has 0 spiro atoms. The molecule has 106 valence electrons. The lowest BCUT2D eigenvalue weighted by atomic mass is 10.1. The summed E-state index contributed by atoms with van der Waals surface area (Å²) in [4.78, 5) is 4.43. The Morgan fingerprint density at radius 2 is 1.80 bits per heavy atom. The second-order valence-corrected chi connectivity index (χ2v) is 4.78. The molecule has 0 amide bonds. The van der Waals surface area contributed by atoms with E-state index in [1.54, 1.807) is 0 Å². The van der Waals surface area contributed by atoms with E-state index in [2.05, 4.69) is 36.3 Å². The highest BCUT2D eigenvalue weighted by Gasteiger charge is 2.01. The van der Waals surface area contributed by atoms with Crippen LogP contribution in [0.1, 0.15) is 32.3 Å². The van der Waals surface area contributed by atoms with Gasteiger partial charge in [-0.25, -0.2) is 0 Å². The molecule has 0 bridgehead atoms. The zero-order valence-electron chi connectivity index (χ0n) is 12.2. The van der Waals surface area contributed by atoms with Gasteiger partial charge in [0.25, 0.3) is 0 Å². The summed E-state index contributed by atoms with van der Waals surface area (Å²) < 4.78 is 5.78. The Bertz CT molecular complexity index is 523. The van der Waals surface area contributed by atoms with Crippen molar-refractivity contribution >= 4 is 5.82 Å². The van der Waals surface area contributed by atoms with Crippen LogP contribution in [0.25, 0.3) is 0 Å². The largest absolute Gasteiger partial charge is 0.439 e. The Morgan fingerprint density at radius 1 is 1.00 bits per heavy atom. The fourth-order valence-corrected chi connectivity index (χ4v) is 1.96. The molecule has 3 heteroatoms. The average Bonchev–Trinajstić information content (AvgIpc) is 2.48. The van der Waals surface area contributed by atoms with Crippen LogP contribution in [0.5, 0.6) is 11.6 Å². The summed E-state index contributed by atoms with van der Waals surface area (Å²) >= 11 is 0. The van der Waals surface area contributed by atoms with Crippen LogP contribution in [-0.2, 0) is 6.42 Å². The summed E-state index contributed by atoms with van der Waals surface area (Å²) in [6.07, 6.45) is 3.34. The normalized spacial score (nSPS) is 10.3. The maximum atomic E-state index is 5.78. The van der Waals surface area contributed by atoms with E-state index >= 15 is 0 Å². The topological polar surface area (TPSA) is 34.1 Å². The third-order valence-corrected chi connectivity index (χ3v) is 2.96. The van der Waals surface area contributed by atoms with Gasteiger partial charge in [0.1, 0.15) is 11.6 Å². The molecule has 0 aliphatic heterocycles. The summed E-state index contributed by atoms with van der Waals surface area (Å²) in [5.41, 5.74) is 1.34. The predicted octanol–water partition coefficient (Wildman–Crippen LogP) is 4.65. The fraction of sp³-hybridized carbons (Fsp3) is 0.353. The minimum absolute atomic E-state index is 0.620. The number of ether oxygens (including phenoxy) is 1. The molecule has 0 atom stereocenters. The van der Waals surface area contributed by atoms with E-state index < -0.39 is 0 Å². The molecule has 0 saturated carbocycles. The van der Waals surface area contributed by atoms with Crippen LogP contribution in [0, 0.1) is 0 Å². The average molecular weight is 270 g/mol. The molecule has 3 nitrogen and oxygen atoms in total. The number of benzene rings is 1. The number of rotatable bonds is 7. The molecule has 1 aromatic heterocycles. The van der Waals surface area contributed by atoms with Gasteiger partial charge in [-0.3, -0.25) is 0 Å². The second-order valence-electron chi connectivity index (χ2n) is 4.78. The lowest BCUT2D eigenvalue weighted by Crippen LogP contribution is -2.02. The number of hydrogen-bond acceptors (Lipinski definition) is 3. The smallest absolute Gasteiger partial charge is 0.221 e. The van der Waals surface area contributed by atoms with Crippen LogP contribution in [0.3, 0.4) is 0 Å². The van der Waals surface area contributed by atoms with E-state index in [-0.39, 0.29) is 0 Å². The van der Waals surface area contributed by atoms with Crippen molar-refractivity contribution in [2.45, 2.75) is 33.1 Å². The van der Waals surface area contributed by atoms with Crippen LogP contribution in [0.2, 0.25) is 0 Å². The fourth-order valence-electron chi connectivity index (χ4n) is 1.96. The number of aryl methyl sites for hydroxylation is 1. The highest BCUT2D eigenvalue weighted by Crippen LogP contribution is 2.21. The maximum absolute atomic E-state index is 5.78. The van der Waals surface area contributed by atoms with Crippen molar-refractivity contribution in [2.75, 3.05) is 11.9 Å². The van der Waals surface area contributed by atoms with E-state index in [9.17, 15) is 0 Å². The molecular weight excluding hydrogens is 248 g/mol. The highest BCUT2D eigenvalue weighted by molar-refractivity contribution is 5.38. The van der Waals surface area contributed by atoms with Crippen molar-refractivity contribution in [2.24, 2.45) is 0 Å². The van der Waals surface area contributed by atoms with Crippen LogP contribution in [-0.4, -0.2) is 11.5 Å². The molecule has 1 N–H and O–H groups in total. The predicted molar refractivity (Wildman–Crippen MR) is 83.5 cm³/mol. The Balaban J connectivity index is 2.01. The molecule has 0 saturated heterocycles. The molecule has 2 rings (SSSR count). The Labute approximate surface area is 121 Å². The van der Waals surface area contributed by atoms with Crippen LogP contribution in [0.4, 0.5) is 5.82 Å². The molecule has 0 unspecified atom stereocenters. The summed E-state index contributed by atoms with van der Waals surface area (Å²) in [5, 5.41) is 3.26. The molecular formula is C17H22N2O. The monoisotopic (exact) mass is 270 g/mol. The Morgan fingerprint density at radius 3 is 2.50 bits per heavy atom. The van der Waals surface area contributed by atoms with E-state index in [0.29, 0.717) is 5.88 Å². The molecule has 0 radical (unpaired) electrons. The Kier molecular flexibility index (Phi) is 5.42. The van der Waals surface area contributed by atoms with Crippen molar-refractivity contribution in [3.63, 3.8) is 0 Å². The second kappa shape index (κ2) is 7.53. The lowest BCUT2D eigenvalue weighted by Gasteiger charge is -2.08. The molecule has 0 fully saturated rings. The van der Waals surface area contributed by atoms with Crippen molar-refractivity contribution < 1.29 is 4.74 Å². The van der Waals surface area contributed by atoms with E-state index in [4.69, 9.17) is 4.74 Å². The number of hydrogen-bond donors (Lipinski definition) is 1. The number of pyridine rings is 1. The zero-order valence-corrected chi connectivity index (χ0v) is 12.2. The Hall–Kier alpha value is -2.03. The molecule has 0 aliphatic carbocycles. The van der Waals surface area contributed by atoms with Gasteiger partial charge < -0.3 is 10.1 Å². The van der Waals surface area contributed by atoms with Gasteiger partial charge >= 0.3 is 0 Å². The minimum Gasteiger partial charge on any atom is -0.439 e. The summed E-state index contributed by atoms with van der Waals surface area (Å²) in [7, 11) is 0. The summed E-state index contributed by atoms with van der Waals surface area (Å²) in [6.45, 7) is 5.23. The van der Waals surface area contributed by atoms with Gasteiger partial charge in [-0.05, 0) is 36.6 Å². The van der Waals surface area contributed by atoms with Crippen molar-refractivity contribution in [3.05, 3.63) is 48.0 Å². The van der Waals surface area contributed by atoms with E-state index in [0.717, 1.165) is 37.4 Å². The molecule has 1 aromatic carbocycles. The van der Waals surface area contributed by atoms with E-state index in [1.807, 2.05) is 30.3 Å². The van der Waals surface area contributed by atoms with Crippen LogP contribution >= 0.6 is 0 Å². The third-order valence-electron chi connectivity index (χ3n) is 2.96. The van der Waals surface area contributed by atoms with Crippen molar-refractivity contribution in [1.82, 2.24) is 4.98 Å². The highest BCUT2D eigenvalue weighted by atomic mass is 16.5. The van der Waals surface area contributed by atoms with Gasteiger partial charge in [0.2, 0.25) is 5.88 Å².